The van der Waals surface area contributed by atoms with Gasteiger partial charge in [-0.15, -0.1) is 0 Å². The van der Waals surface area contributed by atoms with Crippen LogP contribution < -0.4 is 0 Å². The van der Waals surface area contributed by atoms with Gasteiger partial charge in [0.25, 0.3) is 0 Å². The van der Waals surface area contributed by atoms with Gasteiger partial charge in [0.15, 0.2) is 11.1 Å². The van der Waals surface area contributed by atoms with E-state index in [0.29, 0.717) is 24.4 Å². The molecule has 4 nitrogen and oxygen atoms in total. The van der Waals surface area contributed by atoms with Crippen LogP contribution in [0.1, 0.15) is 25.7 Å². The molecule has 1 saturated carbocycles. The molecule has 2 aliphatic rings. The van der Waals surface area contributed by atoms with Crippen LogP contribution in [0.4, 0.5) is 0 Å². The molecular formula is C10H18O4S. The third-order valence-corrected chi connectivity index (χ3v) is 3.79. The highest BCUT2D eigenvalue weighted by atomic mass is 32.2. The second-order valence-corrected chi connectivity index (χ2v) is 5.41. The van der Waals surface area contributed by atoms with Gasteiger partial charge in [-0.1, -0.05) is 6.42 Å². The van der Waals surface area contributed by atoms with Crippen molar-refractivity contribution >= 4 is 11.1 Å². The van der Waals surface area contributed by atoms with Crippen molar-refractivity contribution in [3.8, 4) is 0 Å². The van der Waals surface area contributed by atoms with Crippen molar-refractivity contribution in [2.75, 3.05) is 19.0 Å². The Morgan fingerprint density at radius 2 is 2.27 bits per heavy atom. The Morgan fingerprint density at radius 3 is 2.93 bits per heavy atom. The van der Waals surface area contributed by atoms with Gasteiger partial charge >= 0.3 is 0 Å². The zero-order valence-electron chi connectivity index (χ0n) is 8.76. The average Bonchev–Trinajstić information content (AvgIpc) is 2.97. The van der Waals surface area contributed by atoms with Crippen LogP contribution in [0.15, 0.2) is 0 Å². The molecule has 1 aliphatic carbocycles. The van der Waals surface area contributed by atoms with E-state index in [4.69, 9.17) is 14.0 Å². The molecule has 0 spiro atoms. The van der Waals surface area contributed by atoms with Crippen molar-refractivity contribution in [2.45, 2.75) is 37.9 Å². The van der Waals surface area contributed by atoms with Crippen LogP contribution in [-0.2, 0) is 20.6 Å². The SMILES string of the molecule is O=S(O)CC1CCCC(OCC2CO2)C1. The summed E-state index contributed by atoms with van der Waals surface area (Å²) in [6.45, 7) is 1.52. The predicted molar refractivity (Wildman–Crippen MR) is 57.1 cm³/mol. The van der Waals surface area contributed by atoms with Crippen molar-refractivity contribution < 1.29 is 18.2 Å². The summed E-state index contributed by atoms with van der Waals surface area (Å²) in [7, 11) is 0. The Morgan fingerprint density at radius 1 is 1.47 bits per heavy atom. The van der Waals surface area contributed by atoms with Crippen LogP contribution in [0.3, 0.4) is 0 Å². The minimum Gasteiger partial charge on any atom is -0.375 e. The minimum absolute atomic E-state index is 0.275. The lowest BCUT2D eigenvalue weighted by Crippen LogP contribution is -2.27. The summed E-state index contributed by atoms with van der Waals surface area (Å²) in [5, 5.41) is 0. The molecule has 1 N–H and O–H groups in total. The van der Waals surface area contributed by atoms with E-state index in [9.17, 15) is 4.21 Å². The number of rotatable bonds is 5. The molecule has 1 aliphatic heterocycles. The fourth-order valence-corrected chi connectivity index (χ4v) is 2.86. The zero-order chi connectivity index (χ0) is 10.7. The summed E-state index contributed by atoms with van der Waals surface area (Å²) in [6.07, 6.45) is 4.78. The van der Waals surface area contributed by atoms with Crippen LogP contribution in [0.25, 0.3) is 0 Å². The van der Waals surface area contributed by atoms with Gasteiger partial charge in [-0.3, -0.25) is 0 Å². The molecule has 1 saturated heterocycles. The summed E-state index contributed by atoms with van der Waals surface area (Å²) < 4.78 is 30.3. The fraction of sp³-hybridized carbons (Fsp3) is 1.00. The normalized spacial score (nSPS) is 37.5. The number of ether oxygens (including phenoxy) is 2. The van der Waals surface area contributed by atoms with E-state index in [0.717, 1.165) is 32.3 Å². The van der Waals surface area contributed by atoms with Crippen LogP contribution in [-0.4, -0.2) is 39.9 Å². The van der Waals surface area contributed by atoms with E-state index in [-0.39, 0.29) is 6.10 Å². The third kappa shape index (κ3) is 4.18. The lowest BCUT2D eigenvalue weighted by molar-refractivity contribution is 0.00843. The highest BCUT2D eigenvalue weighted by molar-refractivity contribution is 7.79. The van der Waals surface area contributed by atoms with Crippen molar-refractivity contribution in [3.63, 3.8) is 0 Å². The Hall–Kier alpha value is 0.0300. The fourth-order valence-electron chi connectivity index (χ4n) is 2.15. The minimum atomic E-state index is -1.66. The van der Waals surface area contributed by atoms with Crippen LogP contribution >= 0.6 is 0 Å². The maximum absolute atomic E-state index is 10.7. The van der Waals surface area contributed by atoms with E-state index < -0.39 is 11.1 Å². The lowest BCUT2D eigenvalue weighted by Gasteiger charge is -2.28. The summed E-state index contributed by atoms with van der Waals surface area (Å²) in [4.78, 5) is 0. The topological polar surface area (TPSA) is 59.1 Å². The van der Waals surface area contributed by atoms with Gasteiger partial charge in [-0.05, 0) is 25.2 Å². The van der Waals surface area contributed by atoms with Crippen molar-refractivity contribution in [1.29, 1.82) is 0 Å². The Balaban J connectivity index is 1.68. The van der Waals surface area contributed by atoms with Crippen molar-refractivity contribution in [2.24, 2.45) is 5.92 Å². The lowest BCUT2D eigenvalue weighted by atomic mass is 9.88. The summed E-state index contributed by atoms with van der Waals surface area (Å²) in [6, 6.07) is 0. The molecule has 4 atom stereocenters. The molecular weight excluding hydrogens is 216 g/mol. The van der Waals surface area contributed by atoms with E-state index in [1.165, 1.54) is 0 Å². The molecule has 0 aromatic rings. The van der Waals surface area contributed by atoms with Gasteiger partial charge in [0.2, 0.25) is 0 Å². The highest BCUT2D eigenvalue weighted by Crippen LogP contribution is 2.27. The number of hydrogen-bond donors (Lipinski definition) is 1. The second kappa shape index (κ2) is 5.39. The van der Waals surface area contributed by atoms with Crippen molar-refractivity contribution in [1.82, 2.24) is 0 Å². The zero-order valence-corrected chi connectivity index (χ0v) is 9.58. The average molecular weight is 234 g/mol. The highest BCUT2D eigenvalue weighted by Gasteiger charge is 2.27. The predicted octanol–water partition coefficient (Wildman–Crippen LogP) is 1.18. The maximum atomic E-state index is 10.7. The van der Waals surface area contributed by atoms with E-state index in [1.807, 2.05) is 0 Å². The monoisotopic (exact) mass is 234 g/mol. The summed E-state index contributed by atoms with van der Waals surface area (Å²) >= 11 is -1.66. The van der Waals surface area contributed by atoms with Crippen LogP contribution in [0.5, 0.6) is 0 Å². The van der Waals surface area contributed by atoms with Gasteiger partial charge in [-0.2, -0.15) is 0 Å². The third-order valence-electron chi connectivity index (χ3n) is 3.03. The molecule has 5 heteroatoms. The molecule has 1 heterocycles. The van der Waals surface area contributed by atoms with E-state index >= 15 is 0 Å². The number of hydrogen-bond acceptors (Lipinski definition) is 3. The molecule has 0 bridgehead atoms. The molecule has 15 heavy (non-hydrogen) atoms. The van der Waals surface area contributed by atoms with Gasteiger partial charge in [0.05, 0.1) is 25.1 Å². The Kier molecular flexibility index (Phi) is 4.13. The first kappa shape index (κ1) is 11.5. The smallest absolute Gasteiger partial charge is 0.153 e. The molecule has 0 radical (unpaired) electrons. The molecule has 88 valence electrons. The standard InChI is InChI=1S/C10H18O4S/c11-15(12)7-8-2-1-3-9(4-8)13-5-10-6-14-10/h8-10H,1-7H2,(H,11,12). The quantitative estimate of drug-likeness (QED) is 0.573. The number of epoxide rings is 1. The Bertz CT molecular complexity index is 229. The molecule has 4 unspecified atom stereocenters. The maximum Gasteiger partial charge on any atom is 0.153 e. The van der Waals surface area contributed by atoms with Gasteiger partial charge in [0.1, 0.15) is 6.10 Å². The summed E-state index contributed by atoms with van der Waals surface area (Å²) in [5.74, 6) is 0.759. The summed E-state index contributed by atoms with van der Waals surface area (Å²) in [5.41, 5.74) is 0. The molecule has 0 aromatic carbocycles. The first-order valence-electron chi connectivity index (χ1n) is 5.54. The van der Waals surface area contributed by atoms with Crippen LogP contribution in [0.2, 0.25) is 0 Å². The first-order valence-corrected chi connectivity index (χ1v) is 6.82. The van der Waals surface area contributed by atoms with E-state index in [2.05, 4.69) is 0 Å². The van der Waals surface area contributed by atoms with Gasteiger partial charge in [0, 0.05) is 0 Å². The first-order chi connectivity index (χ1) is 7.24. The van der Waals surface area contributed by atoms with Gasteiger partial charge in [-0.25, -0.2) is 4.21 Å². The second-order valence-electron chi connectivity index (χ2n) is 4.43. The largest absolute Gasteiger partial charge is 0.375 e. The van der Waals surface area contributed by atoms with Crippen LogP contribution in [0, 0.1) is 5.92 Å². The van der Waals surface area contributed by atoms with Crippen molar-refractivity contribution in [3.05, 3.63) is 0 Å². The molecule has 0 aromatic heterocycles. The van der Waals surface area contributed by atoms with Gasteiger partial charge < -0.3 is 14.0 Å². The molecule has 2 rings (SSSR count). The van der Waals surface area contributed by atoms with E-state index in [1.54, 1.807) is 0 Å². The molecule has 0 amide bonds. The Labute approximate surface area is 92.6 Å². The molecule has 2 fully saturated rings.